The number of aryl methyl sites for hydroxylation is 1. The lowest BCUT2D eigenvalue weighted by Crippen LogP contribution is -2.05. The molecular weight excluding hydrogens is 380 g/mol. The van der Waals surface area contributed by atoms with E-state index in [1.807, 2.05) is 31.2 Å². The Morgan fingerprint density at radius 2 is 1.57 bits per heavy atom. The fourth-order valence-electron chi connectivity index (χ4n) is 2.81. The summed E-state index contributed by atoms with van der Waals surface area (Å²) in [5, 5.41) is 6.43. The molecule has 0 fully saturated rings. The second-order valence-electron chi connectivity index (χ2n) is 6.54. The number of carbonyl (C=O) groups excluding carboxylic acids is 1. The maximum absolute atomic E-state index is 11.8. The van der Waals surface area contributed by atoms with Gasteiger partial charge in [0, 0.05) is 23.8 Å². The highest BCUT2D eigenvalue weighted by atomic mass is 16.5. The predicted molar refractivity (Wildman–Crippen MR) is 115 cm³/mol. The third-order valence-corrected chi connectivity index (χ3v) is 4.30. The summed E-state index contributed by atoms with van der Waals surface area (Å²) in [5.41, 5.74) is 4.30. The Labute approximate surface area is 173 Å². The van der Waals surface area contributed by atoms with Gasteiger partial charge in [-0.05, 0) is 50.2 Å². The molecule has 0 saturated carbocycles. The van der Waals surface area contributed by atoms with Crippen molar-refractivity contribution in [2.24, 2.45) is 0 Å². The van der Waals surface area contributed by atoms with Crippen LogP contribution < -0.4 is 10.6 Å². The summed E-state index contributed by atoms with van der Waals surface area (Å²) in [4.78, 5) is 29.5. The van der Waals surface area contributed by atoms with Crippen molar-refractivity contribution in [3.8, 4) is 0 Å². The summed E-state index contributed by atoms with van der Waals surface area (Å²) >= 11 is 0. The number of esters is 1. The molecule has 2 aromatic carbocycles. The van der Waals surface area contributed by atoms with Crippen LogP contribution in [0.4, 0.5) is 23.1 Å². The van der Waals surface area contributed by atoms with Crippen LogP contribution in [0.25, 0.3) is 11.2 Å². The van der Waals surface area contributed by atoms with Crippen LogP contribution in [0.2, 0.25) is 0 Å². The molecule has 0 aliphatic rings. The van der Waals surface area contributed by atoms with Gasteiger partial charge in [0.1, 0.15) is 0 Å². The molecule has 30 heavy (non-hydrogen) atoms. The Morgan fingerprint density at radius 1 is 0.900 bits per heavy atom. The van der Waals surface area contributed by atoms with Crippen molar-refractivity contribution in [3.05, 3.63) is 72.1 Å². The first kappa shape index (κ1) is 19.3. The molecule has 4 aromatic rings. The molecule has 0 amide bonds. The smallest absolute Gasteiger partial charge is 0.338 e. The Kier molecular flexibility index (Phi) is 5.47. The molecule has 2 N–H and O–H groups in total. The molecule has 0 aliphatic heterocycles. The number of nitrogens with one attached hydrogen (secondary N) is 2. The van der Waals surface area contributed by atoms with Crippen LogP contribution in [0.5, 0.6) is 0 Å². The van der Waals surface area contributed by atoms with Crippen molar-refractivity contribution >= 4 is 40.3 Å². The standard InChI is InChI=1S/C22H20N6O2/c1-3-30-21(29)15-6-10-17(11-7-15)26-22-27-19-18(23-12-13-24-19)20(28-22)25-16-8-4-14(2)5-9-16/h4-13H,3H2,1-2H3,(H2,24,25,26,27,28). The van der Waals surface area contributed by atoms with Crippen LogP contribution in [0.15, 0.2) is 60.9 Å². The normalized spacial score (nSPS) is 10.6. The molecular formula is C22H20N6O2. The van der Waals surface area contributed by atoms with Crippen LogP contribution in [0.1, 0.15) is 22.8 Å². The van der Waals surface area contributed by atoms with Gasteiger partial charge in [-0.3, -0.25) is 0 Å². The van der Waals surface area contributed by atoms with E-state index in [1.165, 1.54) is 5.56 Å². The number of anilines is 4. The number of fused-ring (bicyclic) bond motifs is 1. The lowest BCUT2D eigenvalue weighted by atomic mass is 10.2. The van der Waals surface area contributed by atoms with Crippen molar-refractivity contribution in [2.75, 3.05) is 17.2 Å². The Bertz CT molecular complexity index is 1180. The van der Waals surface area contributed by atoms with Gasteiger partial charge in [-0.1, -0.05) is 17.7 Å². The minimum Gasteiger partial charge on any atom is -0.462 e. The Balaban J connectivity index is 1.63. The van der Waals surface area contributed by atoms with Crippen molar-refractivity contribution in [2.45, 2.75) is 13.8 Å². The number of benzene rings is 2. The van der Waals surface area contributed by atoms with Crippen LogP contribution in [-0.2, 0) is 4.74 Å². The van der Waals surface area contributed by atoms with Crippen LogP contribution in [0.3, 0.4) is 0 Å². The van der Waals surface area contributed by atoms with E-state index in [0.717, 1.165) is 11.4 Å². The SMILES string of the molecule is CCOC(=O)c1ccc(Nc2nc(Nc3ccc(C)cc3)c3nccnc3n2)cc1. The summed E-state index contributed by atoms with van der Waals surface area (Å²) in [6.45, 7) is 4.14. The molecule has 0 spiro atoms. The van der Waals surface area contributed by atoms with Gasteiger partial charge in [-0.25, -0.2) is 14.8 Å². The van der Waals surface area contributed by atoms with Gasteiger partial charge < -0.3 is 15.4 Å². The van der Waals surface area contributed by atoms with E-state index >= 15 is 0 Å². The first-order valence-corrected chi connectivity index (χ1v) is 9.49. The lowest BCUT2D eigenvalue weighted by molar-refractivity contribution is 0.0526. The third-order valence-electron chi connectivity index (χ3n) is 4.30. The monoisotopic (exact) mass is 400 g/mol. The quantitative estimate of drug-likeness (QED) is 0.460. The zero-order valence-corrected chi connectivity index (χ0v) is 16.6. The van der Waals surface area contributed by atoms with Gasteiger partial charge in [0.25, 0.3) is 0 Å². The molecule has 0 aliphatic carbocycles. The first-order valence-electron chi connectivity index (χ1n) is 9.49. The average molecular weight is 400 g/mol. The fourth-order valence-corrected chi connectivity index (χ4v) is 2.81. The van der Waals surface area contributed by atoms with E-state index in [1.54, 1.807) is 43.6 Å². The van der Waals surface area contributed by atoms with Gasteiger partial charge >= 0.3 is 5.97 Å². The molecule has 0 unspecified atom stereocenters. The highest BCUT2D eigenvalue weighted by molar-refractivity contribution is 5.90. The largest absolute Gasteiger partial charge is 0.462 e. The molecule has 0 radical (unpaired) electrons. The van der Waals surface area contributed by atoms with E-state index in [9.17, 15) is 4.79 Å². The van der Waals surface area contributed by atoms with Crippen molar-refractivity contribution < 1.29 is 9.53 Å². The van der Waals surface area contributed by atoms with E-state index in [2.05, 4.69) is 30.6 Å². The van der Waals surface area contributed by atoms with Crippen molar-refractivity contribution in [1.29, 1.82) is 0 Å². The van der Waals surface area contributed by atoms with Crippen molar-refractivity contribution in [3.63, 3.8) is 0 Å². The van der Waals surface area contributed by atoms with Crippen molar-refractivity contribution in [1.82, 2.24) is 19.9 Å². The number of carbonyl (C=O) groups is 1. The minimum absolute atomic E-state index is 0.335. The summed E-state index contributed by atoms with van der Waals surface area (Å²) in [7, 11) is 0. The summed E-state index contributed by atoms with van der Waals surface area (Å²) in [6, 6.07) is 14.9. The molecule has 8 nitrogen and oxygen atoms in total. The maximum Gasteiger partial charge on any atom is 0.338 e. The van der Waals surface area contributed by atoms with Gasteiger partial charge in [0.15, 0.2) is 17.0 Å². The van der Waals surface area contributed by atoms with E-state index in [-0.39, 0.29) is 5.97 Å². The molecule has 0 atom stereocenters. The molecule has 8 heteroatoms. The maximum atomic E-state index is 11.8. The van der Waals surface area contributed by atoms with E-state index in [0.29, 0.717) is 35.1 Å². The van der Waals surface area contributed by atoms with Crippen LogP contribution in [0, 0.1) is 6.92 Å². The van der Waals surface area contributed by atoms with Crippen LogP contribution >= 0.6 is 0 Å². The number of nitrogens with zero attached hydrogens (tertiary/aromatic N) is 4. The minimum atomic E-state index is -0.356. The zero-order valence-electron chi connectivity index (χ0n) is 16.6. The van der Waals surface area contributed by atoms with Gasteiger partial charge in [-0.2, -0.15) is 9.97 Å². The van der Waals surface area contributed by atoms with E-state index < -0.39 is 0 Å². The summed E-state index contributed by atoms with van der Waals surface area (Å²) < 4.78 is 5.01. The molecule has 150 valence electrons. The number of aromatic nitrogens is 4. The predicted octanol–water partition coefficient (Wildman–Crippen LogP) is 4.39. The van der Waals surface area contributed by atoms with Gasteiger partial charge in [0.2, 0.25) is 5.95 Å². The summed E-state index contributed by atoms with van der Waals surface area (Å²) in [6.07, 6.45) is 3.19. The summed E-state index contributed by atoms with van der Waals surface area (Å²) in [5.74, 6) is 0.551. The molecule has 2 heterocycles. The number of hydrogen-bond acceptors (Lipinski definition) is 8. The number of rotatable bonds is 6. The third kappa shape index (κ3) is 4.33. The number of ether oxygens (including phenoxy) is 1. The highest BCUT2D eigenvalue weighted by Crippen LogP contribution is 2.24. The average Bonchev–Trinajstić information content (AvgIpc) is 2.76. The topological polar surface area (TPSA) is 102 Å². The second-order valence-corrected chi connectivity index (χ2v) is 6.54. The zero-order chi connectivity index (χ0) is 20.9. The molecule has 0 saturated heterocycles. The fraction of sp³-hybridized carbons (Fsp3) is 0.136. The second kappa shape index (κ2) is 8.52. The number of hydrogen-bond donors (Lipinski definition) is 2. The molecule has 0 bridgehead atoms. The van der Waals surface area contributed by atoms with Crippen LogP contribution in [-0.4, -0.2) is 32.5 Å². The first-order chi connectivity index (χ1) is 14.6. The van der Waals surface area contributed by atoms with E-state index in [4.69, 9.17) is 4.74 Å². The Morgan fingerprint density at radius 3 is 2.30 bits per heavy atom. The highest BCUT2D eigenvalue weighted by Gasteiger charge is 2.11. The van der Waals surface area contributed by atoms with Gasteiger partial charge in [0.05, 0.1) is 12.2 Å². The Hall–Kier alpha value is -4.07. The van der Waals surface area contributed by atoms with Gasteiger partial charge in [-0.15, -0.1) is 0 Å². The molecule has 4 rings (SSSR count). The molecule has 2 aromatic heterocycles. The lowest BCUT2D eigenvalue weighted by Gasteiger charge is -2.11.